The minimum absolute atomic E-state index is 0.0772. The number of rotatable bonds is 4. The number of carbonyl (C=O) groups excluding carboxylic acids is 3. The molecule has 3 aromatic carbocycles. The maximum atomic E-state index is 14.3. The third-order valence-corrected chi connectivity index (χ3v) is 8.77. The van der Waals surface area contributed by atoms with Crippen molar-refractivity contribution in [3.63, 3.8) is 0 Å². The molecular weight excluding hydrogens is 559 g/mol. The molecule has 2 heterocycles. The molecule has 1 saturated carbocycles. The summed E-state index contributed by atoms with van der Waals surface area (Å²) in [6.45, 7) is 0. The average molecular weight is 584 g/mol. The van der Waals surface area contributed by atoms with Crippen LogP contribution < -0.4 is 15.4 Å². The molecule has 2 aliphatic heterocycles. The lowest BCUT2D eigenvalue weighted by Crippen LogP contribution is -2.57. The van der Waals surface area contributed by atoms with Gasteiger partial charge in [-0.15, -0.1) is 0 Å². The van der Waals surface area contributed by atoms with Gasteiger partial charge in [0, 0.05) is 51.5 Å². The monoisotopic (exact) mass is 582 g/mol. The third-order valence-electron chi connectivity index (χ3n) is 8.07. The number of hydrogen-bond donors (Lipinski definition) is 2. The predicted octanol–water partition coefficient (Wildman–Crippen LogP) is 6.77. The summed E-state index contributed by atoms with van der Waals surface area (Å²) in [5, 5.41) is 7.59. The van der Waals surface area contributed by atoms with Gasteiger partial charge in [-0.25, -0.2) is 0 Å². The van der Waals surface area contributed by atoms with E-state index in [2.05, 4.69) is 10.6 Å². The number of fused-ring (bicyclic) bond motifs is 2. The number of anilines is 1. The zero-order chi connectivity index (χ0) is 27.3. The Morgan fingerprint density at radius 1 is 0.846 bits per heavy atom. The van der Waals surface area contributed by atoms with Gasteiger partial charge in [-0.05, 0) is 66.4 Å². The Morgan fingerprint density at radius 2 is 1.56 bits per heavy atom. The molecule has 0 aromatic heterocycles. The molecule has 1 spiro atoms. The first-order valence-corrected chi connectivity index (χ1v) is 14.0. The standard InChI is InChI=1S/C30H25Cl3N2O4/c31-17-3-1-2-16(12-17)24-15-27(37)35-28(30(24)23-10-4-19(33)14-25(23)34-29(30)38)22-13-18(32)5-11-26(22)39-21-8-6-20(36)7-9-21/h1-5,10-14,21,24,28H,6-9,15H2,(H,34,38)(H,35,37)/t24-,28+,30-/m0/s1. The van der Waals surface area contributed by atoms with E-state index in [1.54, 1.807) is 42.5 Å². The molecule has 1 aliphatic carbocycles. The van der Waals surface area contributed by atoms with Crippen LogP contribution in [0.1, 0.15) is 60.8 Å². The van der Waals surface area contributed by atoms with Crippen molar-refractivity contribution in [2.45, 2.75) is 55.6 Å². The van der Waals surface area contributed by atoms with E-state index < -0.39 is 17.4 Å². The summed E-state index contributed by atoms with van der Waals surface area (Å²) in [6, 6.07) is 17.0. The summed E-state index contributed by atoms with van der Waals surface area (Å²) < 4.78 is 6.45. The maximum Gasteiger partial charge on any atom is 0.238 e. The molecule has 0 radical (unpaired) electrons. The summed E-state index contributed by atoms with van der Waals surface area (Å²) in [5.74, 6) is -0.266. The van der Waals surface area contributed by atoms with E-state index in [0.29, 0.717) is 57.8 Å². The van der Waals surface area contributed by atoms with Crippen molar-refractivity contribution in [2.75, 3.05) is 5.32 Å². The van der Waals surface area contributed by atoms with Crippen molar-refractivity contribution in [1.29, 1.82) is 0 Å². The number of amides is 2. The largest absolute Gasteiger partial charge is 0.490 e. The number of Topliss-reactive ketones (excluding diaryl/α,β-unsaturated/α-hetero) is 1. The number of carbonyl (C=O) groups is 3. The van der Waals surface area contributed by atoms with Crippen molar-refractivity contribution in [3.05, 3.63) is 92.4 Å². The number of benzene rings is 3. The highest BCUT2D eigenvalue weighted by Gasteiger charge is 2.61. The van der Waals surface area contributed by atoms with Crippen LogP contribution in [0.4, 0.5) is 5.69 Å². The molecular formula is C30H25Cl3N2O4. The number of ether oxygens (including phenoxy) is 1. The zero-order valence-electron chi connectivity index (χ0n) is 20.8. The Morgan fingerprint density at radius 3 is 2.33 bits per heavy atom. The lowest BCUT2D eigenvalue weighted by Gasteiger charge is -2.46. The molecule has 0 bridgehead atoms. The van der Waals surface area contributed by atoms with Crippen LogP contribution in [-0.4, -0.2) is 23.7 Å². The summed E-state index contributed by atoms with van der Waals surface area (Å²) in [7, 11) is 0. The third kappa shape index (κ3) is 4.58. The van der Waals surface area contributed by atoms with Crippen molar-refractivity contribution >= 4 is 58.1 Å². The van der Waals surface area contributed by atoms with Gasteiger partial charge in [0.1, 0.15) is 16.9 Å². The van der Waals surface area contributed by atoms with E-state index in [1.807, 2.05) is 18.2 Å². The topological polar surface area (TPSA) is 84.5 Å². The Bertz CT molecular complexity index is 1500. The summed E-state index contributed by atoms with van der Waals surface area (Å²) in [4.78, 5) is 39.4. The molecule has 0 unspecified atom stereocenters. The Labute approximate surface area is 241 Å². The van der Waals surface area contributed by atoms with Crippen LogP contribution in [0.25, 0.3) is 0 Å². The van der Waals surface area contributed by atoms with Gasteiger partial charge < -0.3 is 15.4 Å². The lowest BCUT2D eigenvalue weighted by molar-refractivity contribution is -0.131. The number of piperidine rings is 1. The van der Waals surface area contributed by atoms with Gasteiger partial charge in [0.25, 0.3) is 0 Å². The fourth-order valence-corrected chi connectivity index (χ4v) is 6.88. The number of nitrogens with one attached hydrogen (secondary N) is 2. The highest BCUT2D eigenvalue weighted by molar-refractivity contribution is 6.31. The normalized spacial score (nSPS) is 24.8. The van der Waals surface area contributed by atoms with Gasteiger partial charge in [-0.3, -0.25) is 14.4 Å². The van der Waals surface area contributed by atoms with Crippen LogP contribution in [0.15, 0.2) is 60.7 Å². The van der Waals surface area contributed by atoms with Crippen molar-refractivity contribution in [2.24, 2.45) is 0 Å². The maximum absolute atomic E-state index is 14.3. The Balaban J connectivity index is 1.55. The molecule has 1 saturated heterocycles. The van der Waals surface area contributed by atoms with E-state index in [9.17, 15) is 14.4 Å². The molecule has 3 aromatic rings. The van der Waals surface area contributed by atoms with E-state index in [-0.39, 0.29) is 30.1 Å². The minimum atomic E-state index is -1.25. The van der Waals surface area contributed by atoms with Crippen LogP contribution in [-0.2, 0) is 19.8 Å². The van der Waals surface area contributed by atoms with E-state index in [1.165, 1.54) is 0 Å². The highest BCUT2D eigenvalue weighted by atomic mass is 35.5. The molecule has 9 heteroatoms. The molecule has 3 aliphatic rings. The van der Waals surface area contributed by atoms with Gasteiger partial charge in [0.15, 0.2) is 0 Å². The van der Waals surface area contributed by atoms with Gasteiger partial charge >= 0.3 is 0 Å². The molecule has 6 rings (SSSR count). The van der Waals surface area contributed by atoms with Crippen LogP contribution in [0, 0.1) is 0 Å². The van der Waals surface area contributed by atoms with Crippen LogP contribution in [0.2, 0.25) is 15.1 Å². The molecule has 2 fully saturated rings. The van der Waals surface area contributed by atoms with E-state index in [0.717, 1.165) is 11.1 Å². The van der Waals surface area contributed by atoms with Crippen LogP contribution >= 0.6 is 34.8 Å². The van der Waals surface area contributed by atoms with E-state index in [4.69, 9.17) is 39.5 Å². The second-order valence-corrected chi connectivity index (χ2v) is 11.7. The summed E-state index contributed by atoms with van der Waals surface area (Å²) in [5.41, 5.74) is 1.44. The molecule has 39 heavy (non-hydrogen) atoms. The van der Waals surface area contributed by atoms with E-state index >= 15 is 0 Å². The lowest BCUT2D eigenvalue weighted by atomic mass is 9.59. The second kappa shape index (κ2) is 10.2. The predicted molar refractivity (Wildman–Crippen MR) is 151 cm³/mol. The van der Waals surface area contributed by atoms with Gasteiger partial charge in [0.05, 0.1) is 12.1 Å². The number of ketones is 1. The van der Waals surface area contributed by atoms with Crippen molar-refractivity contribution in [1.82, 2.24) is 5.32 Å². The summed E-state index contributed by atoms with van der Waals surface area (Å²) in [6.07, 6.45) is 2.06. The van der Waals surface area contributed by atoms with Gasteiger partial charge in [-0.1, -0.05) is 53.0 Å². The fourth-order valence-electron chi connectivity index (χ4n) is 6.33. The van der Waals surface area contributed by atoms with Gasteiger partial charge in [0.2, 0.25) is 11.8 Å². The summed E-state index contributed by atoms with van der Waals surface area (Å²) >= 11 is 19.2. The first kappa shape index (κ1) is 26.2. The Kier molecular flexibility index (Phi) is 6.82. The molecule has 3 atom stereocenters. The fraction of sp³-hybridized carbons (Fsp3) is 0.300. The van der Waals surface area contributed by atoms with Crippen LogP contribution in [0.3, 0.4) is 0 Å². The second-order valence-electron chi connectivity index (χ2n) is 10.4. The number of halogens is 3. The highest BCUT2D eigenvalue weighted by Crippen LogP contribution is 2.58. The quantitative estimate of drug-likeness (QED) is 0.355. The molecule has 200 valence electrons. The molecule has 6 nitrogen and oxygen atoms in total. The minimum Gasteiger partial charge on any atom is -0.490 e. The molecule has 2 N–H and O–H groups in total. The molecule has 2 amide bonds. The smallest absolute Gasteiger partial charge is 0.238 e. The average Bonchev–Trinajstić information content (AvgIpc) is 3.18. The zero-order valence-corrected chi connectivity index (χ0v) is 23.1. The van der Waals surface area contributed by atoms with Crippen LogP contribution in [0.5, 0.6) is 5.75 Å². The van der Waals surface area contributed by atoms with Crippen molar-refractivity contribution < 1.29 is 19.1 Å². The SMILES string of the molecule is O=C1CCC(Oc2ccc(Cl)cc2[C@H]2NC(=O)C[C@@H](c3cccc(Cl)c3)[C@]23C(=O)Nc2cc(Cl)ccc23)CC1. The Hall–Kier alpha value is -3.06. The van der Waals surface area contributed by atoms with Crippen molar-refractivity contribution in [3.8, 4) is 5.75 Å². The number of hydrogen-bond acceptors (Lipinski definition) is 4. The first-order chi connectivity index (χ1) is 18.8. The first-order valence-electron chi connectivity index (χ1n) is 12.9. The van der Waals surface area contributed by atoms with Gasteiger partial charge in [-0.2, -0.15) is 0 Å².